The summed E-state index contributed by atoms with van der Waals surface area (Å²) < 4.78 is 9.36. The van der Waals surface area contributed by atoms with Gasteiger partial charge in [0.15, 0.2) is 5.60 Å². The van der Waals surface area contributed by atoms with Crippen LogP contribution in [-0.2, 0) is 19.1 Å². The van der Waals surface area contributed by atoms with Gasteiger partial charge < -0.3 is 19.5 Å². The molecule has 1 rings (SSSR count). The summed E-state index contributed by atoms with van der Waals surface area (Å²) in [5, 5.41) is 9.74. The van der Waals surface area contributed by atoms with Gasteiger partial charge in [0.1, 0.15) is 6.61 Å². The highest BCUT2D eigenvalue weighted by molar-refractivity contribution is 5.82. The molecular weight excluding hydrogens is 202 g/mol. The van der Waals surface area contributed by atoms with Crippen LogP contribution in [0.5, 0.6) is 0 Å². The summed E-state index contributed by atoms with van der Waals surface area (Å²) in [6.45, 7) is 2.05. The van der Waals surface area contributed by atoms with E-state index in [1.165, 1.54) is 18.9 Å². The van der Waals surface area contributed by atoms with E-state index in [0.29, 0.717) is 13.2 Å². The maximum Gasteiger partial charge on any atom is 0.339 e. The highest BCUT2D eigenvalue weighted by Crippen LogP contribution is 2.10. The van der Waals surface area contributed by atoms with Gasteiger partial charge in [-0.3, -0.25) is 4.79 Å². The van der Waals surface area contributed by atoms with Gasteiger partial charge in [-0.1, -0.05) is 0 Å². The predicted molar refractivity (Wildman–Crippen MR) is 50.0 cm³/mol. The van der Waals surface area contributed by atoms with Crippen molar-refractivity contribution < 1.29 is 24.2 Å². The molecule has 1 unspecified atom stereocenters. The second kappa shape index (κ2) is 4.59. The van der Waals surface area contributed by atoms with Gasteiger partial charge in [-0.15, -0.1) is 0 Å². The Morgan fingerprint density at radius 3 is 2.93 bits per heavy atom. The average molecular weight is 217 g/mol. The van der Waals surface area contributed by atoms with Gasteiger partial charge in [-0.25, -0.2) is 4.79 Å². The fourth-order valence-corrected chi connectivity index (χ4v) is 1.37. The lowest BCUT2D eigenvalue weighted by Gasteiger charge is -2.32. The molecule has 0 aromatic rings. The number of amides is 1. The molecular formula is C9H15NO5. The first-order chi connectivity index (χ1) is 6.97. The molecule has 0 aliphatic carbocycles. The molecule has 0 aromatic carbocycles. The Morgan fingerprint density at radius 1 is 1.73 bits per heavy atom. The number of hydrogen-bond donors (Lipinski definition) is 1. The summed E-state index contributed by atoms with van der Waals surface area (Å²) in [6.07, 6.45) is 0. The van der Waals surface area contributed by atoms with Crippen molar-refractivity contribution in [2.45, 2.75) is 12.5 Å². The highest BCUT2D eigenvalue weighted by Gasteiger charge is 2.36. The van der Waals surface area contributed by atoms with Crippen LogP contribution >= 0.6 is 0 Å². The molecule has 6 nitrogen and oxygen atoms in total. The third-order valence-corrected chi connectivity index (χ3v) is 2.21. The smallest absolute Gasteiger partial charge is 0.339 e. The van der Waals surface area contributed by atoms with Gasteiger partial charge in [0.25, 0.3) is 0 Å². The molecule has 0 radical (unpaired) electrons. The lowest BCUT2D eigenvalue weighted by Crippen LogP contribution is -2.52. The van der Waals surface area contributed by atoms with Gasteiger partial charge >= 0.3 is 5.97 Å². The number of morpholine rings is 1. The first kappa shape index (κ1) is 11.9. The number of β-amino-alcohol motifs (C(OH)–C–C–N with tert-alkyl or cyclic N) is 1. The van der Waals surface area contributed by atoms with E-state index in [2.05, 4.69) is 4.74 Å². The van der Waals surface area contributed by atoms with Crippen LogP contribution in [0.3, 0.4) is 0 Å². The molecule has 6 heteroatoms. The molecule has 0 spiro atoms. The van der Waals surface area contributed by atoms with Gasteiger partial charge in [0, 0.05) is 6.54 Å². The number of carbonyl (C=O) groups excluding carboxylic acids is 2. The second-order valence-electron chi connectivity index (χ2n) is 3.63. The first-order valence-electron chi connectivity index (χ1n) is 4.63. The lowest BCUT2D eigenvalue weighted by atomic mass is 10.1. The molecule has 1 saturated heterocycles. The van der Waals surface area contributed by atoms with E-state index < -0.39 is 11.6 Å². The van der Waals surface area contributed by atoms with Crippen molar-refractivity contribution in [3.05, 3.63) is 0 Å². The van der Waals surface area contributed by atoms with E-state index in [1.54, 1.807) is 0 Å². The monoisotopic (exact) mass is 217 g/mol. The van der Waals surface area contributed by atoms with E-state index in [0.717, 1.165) is 0 Å². The standard InChI is InChI=1S/C9H15NO5/c1-9(13,8(12)14-2)6-10-3-4-15-5-7(10)11/h13H,3-6H2,1-2H3. The van der Waals surface area contributed by atoms with E-state index in [9.17, 15) is 14.7 Å². The van der Waals surface area contributed by atoms with Crippen LogP contribution in [0.25, 0.3) is 0 Å². The zero-order valence-electron chi connectivity index (χ0n) is 8.86. The Hall–Kier alpha value is -1.14. The van der Waals surface area contributed by atoms with Crippen LogP contribution in [0.2, 0.25) is 0 Å². The average Bonchev–Trinajstić information content (AvgIpc) is 2.20. The summed E-state index contributed by atoms with van der Waals surface area (Å²) >= 11 is 0. The van der Waals surface area contributed by atoms with Crippen molar-refractivity contribution in [1.29, 1.82) is 0 Å². The Kier molecular flexibility index (Phi) is 3.65. The topological polar surface area (TPSA) is 76.1 Å². The minimum Gasteiger partial charge on any atom is -0.467 e. The molecule has 86 valence electrons. The van der Waals surface area contributed by atoms with Crippen LogP contribution in [0.15, 0.2) is 0 Å². The van der Waals surface area contributed by atoms with Crippen molar-refractivity contribution >= 4 is 11.9 Å². The minimum atomic E-state index is -1.66. The SMILES string of the molecule is COC(=O)C(C)(O)CN1CCOCC1=O. The fourth-order valence-electron chi connectivity index (χ4n) is 1.37. The molecule has 1 aliphatic rings. The largest absolute Gasteiger partial charge is 0.467 e. The van der Waals surface area contributed by atoms with Crippen LogP contribution in [0.1, 0.15) is 6.92 Å². The van der Waals surface area contributed by atoms with Crippen molar-refractivity contribution in [2.24, 2.45) is 0 Å². The maximum atomic E-state index is 11.3. The molecule has 15 heavy (non-hydrogen) atoms. The zero-order valence-corrected chi connectivity index (χ0v) is 8.86. The normalized spacial score (nSPS) is 21.0. The molecule has 0 saturated carbocycles. The van der Waals surface area contributed by atoms with Crippen molar-refractivity contribution in [2.75, 3.05) is 33.4 Å². The van der Waals surface area contributed by atoms with Crippen LogP contribution in [0.4, 0.5) is 0 Å². The molecule has 1 atom stereocenters. The Balaban J connectivity index is 2.59. The number of ether oxygens (including phenoxy) is 2. The van der Waals surface area contributed by atoms with Gasteiger partial charge in [-0.05, 0) is 6.92 Å². The number of nitrogens with zero attached hydrogens (tertiary/aromatic N) is 1. The molecule has 0 aromatic heterocycles. The summed E-state index contributed by atoms with van der Waals surface area (Å²) in [7, 11) is 1.19. The third-order valence-electron chi connectivity index (χ3n) is 2.21. The number of hydrogen-bond acceptors (Lipinski definition) is 5. The number of carbonyl (C=O) groups is 2. The van der Waals surface area contributed by atoms with Gasteiger partial charge in [0.2, 0.25) is 5.91 Å². The van der Waals surface area contributed by atoms with Gasteiger partial charge in [-0.2, -0.15) is 0 Å². The Morgan fingerprint density at radius 2 is 2.40 bits per heavy atom. The van der Waals surface area contributed by atoms with E-state index in [-0.39, 0.29) is 19.1 Å². The van der Waals surface area contributed by atoms with Crippen LogP contribution < -0.4 is 0 Å². The number of methoxy groups -OCH3 is 1. The molecule has 1 amide bonds. The van der Waals surface area contributed by atoms with Crippen molar-refractivity contribution in [3.8, 4) is 0 Å². The molecule has 1 fully saturated rings. The molecule has 1 N–H and O–H groups in total. The number of esters is 1. The zero-order chi connectivity index (χ0) is 11.5. The van der Waals surface area contributed by atoms with E-state index >= 15 is 0 Å². The molecule has 1 heterocycles. The number of rotatable bonds is 3. The van der Waals surface area contributed by atoms with Crippen LogP contribution in [-0.4, -0.2) is 60.9 Å². The Labute approximate surface area is 87.8 Å². The van der Waals surface area contributed by atoms with Crippen molar-refractivity contribution in [3.63, 3.8) is 0 Å². The predicted octanol–water partition coefficient (Wildman–Crippen LogP) is -1.23. The van der Waals surface area contributed by atoms with Gasteiger partial charge in [0.05, 0.1) is 20.3 Å². The summed E-state index contributed by atoms with van der Waals surface area (Å²) in [6, 6.07) is 0. The van der Waals surface area contributed by atoms with E-state index in [4.69, 9.17) is 4.74 Å². The molecule has 0 bridgehead atoms. The quantitative estimate of drug-likeness (QED) is 0.599. The van der Waals surface area contributed by atoms with Crippen LogP contribution in [0, 0.1) is 0 Å². The third kappa shape index (κ3) is 2.90. The molecule has 1 aliphatic heterocycles. The second-order valence-corrected chi connectivity index (χ2v) is 3.63. The maximum absolute atomic E-state index is 11.3. The minimum absolute atomic E-state index is 0.00273. The van der Waals surface area contributed by atoms with Crippen molar-refractivity contribution in [1.82, 2.24) is 4.90 Å². The highest BCUT2D eigenvalue weighted by atomic mass is 16.5. The summed E-state index contributed by atoms with van der Waals surface area (Å²) in [4.78, 5) is 23.9. The lowest BCUT2D eigenvalue weighted by molar-refractivity contribution is -0.166. The number of aliphatic hydroxyl groups is 1. The van der Waals surface area contributed by atoms with E-state index in [1.807, 2.05) is 0 Å². The fraction of sp³-hybridized carbons (Fsp3) is 0.778. The summed E-state index contributed by atoms with van der Waals surface area (Å²) in [5.41, 5.74) is -1.66. The summed E-state index contributed by atoms with van der Waals surface area (Å²) in [5.74, 6) is -0.979. The Bertz CT molecular complexity index is 263. The first-order valence-corrected chi connectivity index (χ1v) is 4.63.